The minimum atomic E-state index is -4.44. The fourth-order valence-corrected chi connectivity index (χ4v) is 3.46. The first-order chi connectivity index (χ1) is 12.1. The van der Waals surface area contributed by atoms with Gasteiger partial charge in [0.05, 0.1) is 11.8 Å². The van der Waals surface area contributed by atoms with Gasteiger partial charge in [-0.15, -0.1) is 0 Å². The molecule has 1 saturated heterocycles. The summed E-state index contributed by atoms with van der Waals surface area (Å²) < 4.78 is 75.9. The van der Waals surface area contributed by atoms with Crippen LogP contribution in [0, 0.1) is 0 Å². The van der Waals surface area contributed by atoms with Gasteiger partial charge in [0.15, 0.2) is 5.13 Å². The Bertz CT molecular complexity index is 740. The first kappa shape index (κ1) is 18.7. The largest absolute Gasteiger partial charge is 0.427 e. The molecule has 1 fully saturated rings. The van der Waals surface area contributed by atoms with E-state index < -0.39 is 22.8 Å². The fraction of sp³-hybridized carbons (Fsp3) is 0.467. The third-order valence-corrected chi connectivity index (χ3v) is 5.04. The van der Waals surface area contributed by atoms with Crippen LogP contribution in [0.2, 0.25) is 0 Å². The average Bonchev–Trinajstić information content (AvgIpc) is 2.94. The van der Waals surface area contributed by atoms with Crippen molar-refractivity contribution in [3.63, 3.8) is 0 Å². The Morgan fingerprint density at radius 1 is 0.808 bits per heavy atom. The minimum Gasteiger partial charge on any atom is -0.355 e. The summed E-state index contributed by atoms with van der Waals surface area (Å²) in [5.74, 6) is 0.412. The highest BCUT2D eigenvalue weighted by Gasteiger charge is 2.34. The van der Waals surface area contributed by atoms with Crippen molar-refractivity contribution in [3.8, 4) is 0 Å². The number of hydrogen-bond donors (Lipinski definition) is 0. The Labute approximate surface area is 149 Å². The summed E-state index contributed by atoms with van der Waals surface area (Å²) in [6.45, 7) is 1.90. The predicted molar refractivity (Wildman–Crippen MR) is 85.4 cm³/mol. The molecule has 0 aromatic carbocycles. The lowest BCUT2D eigenvalue weighted by Gasteiger charge is -2.22. The van der Waals surface area contributed by atoms with Gasteiger partial charge in [-0.2, -0.15) is 26.3 Å². The molecule has 4 nitrogen and oxygen atoms in total. The second kappa shape index (κ2) is 6.93. The molecule has 3 rings (SSSR count). The van der Waals surface area contributed by atoms with Crippen molar-refractivity contribution in [3.05, 3.63) is 35.0 Å². The van der Waals surface area contributed by atoms with Gasteiger partial charge >= 0.3 is 12.4 Å². The van der Waals surface area contributed by atoms with Crippen LogP contribution in [0.25, 0.3) is 0 Å². The Hall–Kier alpha value is -2.04. The summed E-state index contributed by atoms with van der Waals surface area (Å²) in [6, 6.07) is 2.28. The average molecular weight is 396 g/mol. The van der Waals surface area contributed by atoms with Crippen molar-refractivity contribution in [1.29, 1.82) is 0 Å². The normalized spacial score (nSPS) is 16.7. The Kier molecular flexibility index (Phi) is 5.00. The van der Waals surface area contributed by atoms with E-state index in [9.17, 15) is 26.3 Å². The lowest BCUT2D eigenvalue weighted by Crippen LogP contribution is -2.31. The number of alkyl halides is 6. The second-order valence-corrected chi connectivity index (χ2v) is 6.74. The molecule has 26 heavy (non-hydrogen) atoms. The maximum atomic E-state index is 12.7. The van der Waals surface area contributed by atoms with Gasteiger partial charge in [0, 0.05) is 32.4 Å². The lowest BCUT2D eigenvalue weighted by atomic mass is 10.2. The molecule has 1 aliphatic rings. The van der Waals surface area contributed by atoms with Crippen LogP contribution in [0.15, 0.2) is 24.5 Å². The van der Waals surface area contributed by atoms with E-state index in [1.54, 1.807) is 4.90 Å². The molecule has 0 atom stereocenters. The van der Waals surface area contributed by atoms with Gasteiger partial charge in [-0.3, -0.25) is 0 Å². The van der Waals surface area contributed by atoms with Crippen molar-refractivity contribution in [2.45, 2.75) is 18.8 Å². The van der Waals surface area contributed by atoms with Crippen LogP contribution < -0.4 is 9.80 Å². The zero-order chi connectivity index (χ0) is 18.9. The van der Waals surface area contributed by atoms with Gasteiger partial charge in [-0.25, -0.2) is 9.97 Å². The second-order valence-electron chi connectivity index (χ2n) is 5.74. The number of aromatic nitrogens is 2. The van der Waals surface area contributed by atoms with Crippen LogP contribution in [-0.2, 0) is 12.4 Å². The number of hydrogen-bond acceptors (Lipinski definition) is 5. The monoisotopic (exact) mass is 396 g/mol. The summed E-state index contributed by atoms with van der Waals surface area (Å²) in [6.07, 6.45) is -6.63. The molecule has 0 saturated carbocycles. The number of halogens is 6. The van der Waals surface area contributed by atoms with Gasteiger partial charge in [0.2, 0.25) is 0 Å². The van der Waals surface area contributed by atoms with Crippen molar-refractivity contribution in [1.82, 2.24) is 9.97 Å². The summed E-state index contributed by atoms with van der Waals surface area (Å²) in [5, 5.41) is 0.291. The molecule has 0 spiro atoms. The van der Waals surface area contributed by atoms with Crippen LogP contribution >= 0.6 is 11.3 Å². The first-order valence-electron chi connectivity index (χ1n) is 7.71. The van der Waals surface area contributed by atoms with Gasteiger partial charge in [0.25, 0.3) is 0 Å². The summed E-state index contributed by atoms with van der Waals surface area (Å²) >= 11 is 0.588. The van der Waals surface area contributed by atoms with E-state index >= 15 is 0 Å². The van der Waals surface area contributed by atoms with Gasteiger partial charge in [-0.05, 0) is 18.6 Å². The number of thiazole rings is 1. The van der Waals surface area contributed by atoms with Crippen LogP contribution in [0.4, 0.5) is 37.3 Å². The molecule has 0 bridgehead atoms. The van der Waals surface area contributed by atoms with E-state index in [1.165, 1.54) is 6.07 Å². The summed E-state index contributed by atoms with van der Waals surface area (Å²) in [5.41, 5.74) is -0.819. The first-order valence-corrected chi connectivity index (χ1v) is 8.52. The summed E-state index contributed by atoms with van der Waals surface area (Å²) in [4.78, 5) is 10.5. The molecule has 1 aliphatic heterocycles. The quantitative estimate of drug-likeness (QED) is 0.709. The van der Waals surface area contributed by atoms with E-state index in [0.717, 1.165) is 18.5 Å². The third kappa shape index (κ3) is 4.19. The van der Waals surface area contributed by atoms with Crippen molar-refractivity contribution in [2.24, 2.45) is 0 Å². The van der Waals surface area contributed by atoms with Gasteiger partial charge < -0.3 is 9.80 Å². The molecule has 3 heterocycles. The Morgan fingerprint density at radius 3 is 2.08 bits per heavy atom. The minimum absolute atomic E-state index is 0.291. The van der Waals surface area contributed by atoms with Crippen molar-refractivity contribution < 1.29 is 26.3 Å². The van der Waals surface area contributed by atoms with Crippen LogP contribution in [-0.4, -0.2) is 36.1 Å². The zero-order valence-corrected chi connectivity index (χ0v) is 14.1. The molecule has 0 unspecified atom stereocenters. The van der Waals surface area contributed by atoms with E-state index in [-0.39, 0.29) is 0 Å². The van der Waals surface area contributed by atoms with E-state index in [2.05, 4.69) is 9.97 Å². The zero-order valence-electron chi connectivity index (χ0n) is 13.3. The highest BCUT2D eigenvalue weighted by atomic mass is 32.1. The SMILES string of the molecule is FC(F)(F)c1ccc(N2CCCN(c3ncc(C(F)(F)F)s3)CC2)nc1. The predicted octanol–water partition coefficient (Wildman–Crippen LogP) is 4.29. The standard InChI is InChI=1S/C15H14F6N4S/c16-14(17,18)10-2-3-12(22-8-10)24-4-1-5-25(7-6-24)13-23-9-11(26-13)15(19,20)21/h2-3,8-9H,1,4-7H2. The maximum Gasteiger partial charge on any atom is 0.427 e. The highest BCUT2D eigenvalue weighted by molar-refractivity contribution is 7.15. The molecule has 0 N–H and O–H groups in total. The molecule has 0 amide bonds. The van der Waals surface area contributed by atoms with E-state index in [0.29, 0.717) is 54.9 Å². The maximum absolute atomic E-state index is 12.7. The molecule has 142 valence electrons. The molecule has 0 aliphatic carbocycles. The third-order valence-electron chi connectivity index (χ3n) is 3.94. The molecular weight excluding hydrogens is 382 g/mol. The molecule has 0 radical (unpaired) electrons. The number of rotatable bonds is 2. The number of anilines is 2. The summed E-state index contributed by atoms with van der Waals surface area (Å²) in [7, 11) is 0. The van der Waals surface area contributed by atoms with Gasteiger partial charge in [0.1, 0.15) is 10.7 Å². The fourth-order valence-electron chi connectivity index (χ4n) is 2.62. The van der Waals surface area contributed by atoms with Crippen molar-refractivity contribution >= 4 is 22.3 Å². The Balaban J connectivity index is 1.67. The van der Waals surface area contributed by atoms with Crippen LogP contribution in [0.5, 0.6) is 0 Å². The lowest BCUT2D eigenvalue weighted by molar-refractivity contribution is -0.138. The highest BCUT2D eigenvalue weighted by Crippen LogP contribution is 2.36. The van der Waals surface area contributed by atoms with Crippen LogP contribution in [0.3, 0.4) is 0 Å². The van der Waals surface area contributed by atoms with Gasteiger partial charge in [-0.1, -0.05) is 11.3 Å². The van der Waals surface area contributed by atoms with E-state index in [4.69, 9.17) is 0 Å². The Morgan fingerprint density at radius 2 is 1.50 bits per heavy atom. The van der Waals surface area contributed by atoms with E-state index in [1.807, 2.05) is 4.90 Å². The number of pyridine rings is 1. The smallest absolute Gasteiger partial charge is 0.355 e. The molecule has 11 heteroatoms. The molecular formula is C15H14F6N4S. The molecule has 2 aromatic rings. The topological polar surface area (TPSA) is 32.3 Å². The van der Waals surface area contributed by atoms with Crippen LogP contribution in [0.1, 0.15) is 16.9 Å². The molecule has 2 aromatic heterocycles. The van der Waals surface area contributed by atoms with Crippen molar-refractivity contribution in [2.75, 3.05) is 36.0 Å². The number of nitrogens with zero attached hydrogens (tertiary/aromatic N) is 4.